The van der Waals surface area contributed by atoms with Crippen molar-refractivity contribution in [1.82, 2.24) is 20.4 Å². The van der Waals surface area contributed by atoms with Gasteiger partial charge in [0.15, 0.2) is 0 Å². The Morgan fingerprint density at radius 3 is 2.14 bits per heavy atom. The van der Waals surface area contributed by atoms with Gasteiger partial charge in [-0.2, -0.15) is 0 Å². The second kappa shape index (κ2) is 18.4. The highest BCUT2D eigenvalue weighted by molar-refractivity contribution is 5.91. The Morgan fingerprint density at radius 2 is 1.60 bits per heavy atom. The summed E-state index contributed by atoms with van der Waals surface area (Å²) in [6.45, 7) is 11.0. The molecule has 1 saturated heterocycles. The summed E-state index contributed by atoms with van der Waals surface area (Å²) in [4.78, 5) is 58.0. The van der Waals surface area contributed by atoms with Crippen LogP contribution in [0.15, 0.2) is 30.3 Å². The zero-order chi connectivity index (χ0) is 37.3. The van der Waals surface area contributed by atoms with Gasteiger partial charge in [-0.05, 0) is 63.9 Å². The average molecular weight is 702 g/mol. The van der Waals surface area contributed by atoms with Crippen molar-refractivity contribution in [2.24, 2.45) is 23.5 Å². The molecule has 1 aliphatic carbocycles. The lowest BCUT2D eigenvalue weighted by Gasteiger charge is -2.41. The van der Waals surface area contributed by atoms with Crippen LogP contribution in [-0.2, 0) is 28.7 Å². The van der Waals surface area contributed by atoms with E-state index in [1.807, 2.05) is 44.2 Å². The van der Waals surface area contributed by atoms with E-state index in [4.69, 9.17) is 15.2 Å². The number of nitrogens with two attached hydrogens (primary N) is 1. The number of nitrogens with zero attached hydrogens (tertiary/aromatic N) is 2. The Balaban J connectivity index is 1.77. The highest BCUT2D eigenvalue weighted by atomic mass is 16.5. The van der Waals surface area contributed by atoms with Crippen LogP contribution in [-0.4, -0.2) is 108 Å². The predicted octanol–water partition coefficient (Wildman–Crippen LogP) is 3.17. The van der Waals surface area contributed by atoms with Crippen LogP contribution >= 0.6 is 0 Å². The van der Waals surface area contributed by atoms with Gasteiger partial charge in [0.2, 0.25) is 23.6 Å². The molecule has 0 aromatic heterocycles. The van der Waals surface area contributed by atoms with Gasteiger partial charge in [-0.1, -0.05) is 63.9 Å². The van der Waals surface area contributed by atoms with Crippen LogP contribution < -0.4 is 16.4 Å². The minimum atomic E-state index is -1.15. The van der Waals surface area contributed by atoms with Gasteiger partial charge in [-0.15, -0.1) is 0 Å². The molecule has 12 nitrogen and oxygen atoms in total. The van der Waals surface area contributed by atoms with E-state index in [2.05, 4.69) is 10.6 Å². The molecule has 1 aliphatic heterocycles. The molecule has 8 atom stereocenters. The van der Waals surface area contributed by atoms with Crippen molar-refractivity contribution in [2.75, 3.05) is 27.8 Å². The van der Waals surface area contributed by atoms with Gasteiger partial charge >= 0.3 is 0 Å². The van der Waals surface area contributed by atoms with Crippen molar-refractivity contribution in [3.8, 4) is 0 Å². The van der Waals surface area contributed by atoms with E-state index in [9.17, 15) is 24.3 Å². The Labute approximate surface area is 299 Å². The summed E-state index contributed by atoms with van der Waals surface area (Å²) in [6, 6.07) is 7.15. The maximum absolute atomic E-state index is 14.2. The molecule has 2 fully saturated rings. The van der Waals surface area contributed by atoms with Crippen LogP contribution in [0, 0.1) is 17.8 Å². The summed E-state index contributed by atoms with van der Waals surface area (Å²) in [6.07, 6.45) is 3.35. The highest BCUT2D eigenvalue weighted by Gasteiger charge is 2.44. The van der Waals surface area contributed by atoms with E-state index in [1.54, 1.807) is 58.8 Å². The molecule has 4 amide bonds. The lowest BCUT2D eigenvalue weighted by Crippen LogP contribution is -2.60. The third-order valence-electron chi connectivity index (χ3n) is 10.7. The number of hydrogen-bond donors (Lipinski definition) is 4. The molecule has 3 rings (SSSR count). The van der Waals surface area contributed by atoms with Gasteiger partial charge in [-0.3, -0.25) is 19.2 Å². The second-order valence-electron chi connectivity index (χ2n) is 15.3. The number of nitrogens with one attached hydrogen (secondary N) is 2. The van der Waals surface area contributed by atoms with Crippen molar-refractivity contribution < 1.29 is 33.8 Å². The van der Waals surface area contributed by atoms with Crippen LogP contribution in [0.5, 0.6) is 0 Å². The minimum Gasteiger partial charge on any atom is -0.386 e. The maximum atomic E-state index is 14.2. The number of methoxy groups -OCH3 is 2. The largest absolute Gasteiger partial charge is 0.386 e. The van der Waals surface area contributed by atoms with Crippen LogP contribution in [0.1, 0.15) is 98.2 Å². The van der Waals surface area contributed by atoms with Crippen molar-refractivity contribution in [2.45, 2.75) is 135 Å². The molecule has 1 saturated carbocycles. The third kappa shape index (κ3) is 10.3. The zero-order valence-electron chi connectivity index (χ0n) is 31.7. The summed E-state index contributed by atoms with van der Waals surface area (Å²) < 4.78 is 12.0. The molecule has 0 radical (unpaired) electrons. The average Bonchev–Trinajstić information content (AvgIpc) is 3.79. The normalized spacial score (nSPS) is 21.2. The van der Waals surface area contributed by atoms with Crippen LogP contribution in [0.25, 0.3) is 0 Å². The lowest BCUT2D eigenvalue weighted by atomic mass is 9.88. The van der Waals surface area contributed by atoms with Gasteiger partial charge in [0.1, 0.15) is 6.04 Å². The number of ether oxygens (including phenoxy) is 2. The number of benzene rings is 1. The monoisotopic (exact) mass is 701 g/mol. The Morgan fingerprint density at radius 1 is 0.980 bits per heavy atom. The van der Waals surface area contributed by atoms with E-state index in [0.717, 1.165) is 32.1 Å². The second-order valence-corrected chi connectivity index (χ2v) is 15.3. The fourth-order valence-electron chi connectivity index (χ4n) is 7.67. The molecule has 1 heterocycles. The SMILES string of the molecule is CO[C@H](CC(=O)N1CCCC1[C@H](OC)[C@@H](C)C(=O)N[C@H](C)[C@@H](O)c1ccccc1)[C@H](C1CCCC1)N(C)C(=O)C(NC(=O)C(C)(C)N)C(C)C. The first kappa shape index (κ1) is 41.4. The number of carbonyl (C=O) groups excluding carboxylic acids is 4. The lowest BCUT2D eigenvalue weighted by molar-refractivity contribution is -0.148. The quantitative estimate of drug-likeness (QED) is 0.193. The van der Waals surface area contributed by atoms with Gasteiger partial charge in [0.25, 0.3) is 0 Å². The van der Waals surface area contributed by atoms with Crippen molar-refractivity contribution >= 4 is 23.6 Å². The van der Waals surface area contributed by atoms with E-state index in [-0.39, 0.29) is 48.1 Å². The molecule has 0 bridgehead atoms. The molecule has 5 N–H and O–H groups in total. The molecule has 282 valence electrons. The van der Waals surface area contributed by atoms with Gasteiger partial charge in [-0.25, -0.2) is 0 Å². The predicted molar refractivity (Wildman–Crippen MR) is 193 cm³/mol. The molecule has 50 heavy (non-hydrogen) atoms. The van der Waals surface area contributed by atoms with E-state index in [1.165, 1.54) is 0 Å². The Kier molecular flexibility index (Phi) is 15.3. The first-order valence-corrected chi connectivity index (χ1v) is 18.3. The fourth-order valence-corrected chi connectivity index (χ4v) is 7.67. The number of likely N-dealkylation sites (N-methyl/N-ethyl adjacent to an activating group) is 1. The number of aliphatic hydroxyl groups excluding tert-OH is 1. The maximum Gasteiger partial charge on any atom is 0.245 e. The number of hydrogen-bond acceptors (Lipinski definition) is 8. The summed E-state index contributed by atoms with van der Waals surface area (Å²) in [5, 5.41) is 16.6. The summed E-state index contributed by atoms with van der Waals surface area (Å²) >= 11 is 0. The van der Waals surface area contributed by atoms with Crippen LogP contribution in [0.2, 0.25) is 0 Å². The topological polar surface area (TPSA) is 164 Å². The summed E-state index contributed by atoms with van der Waals surface area (Å²) in [5.74, 6) is -1.69. The van der Waals surface area contributed by atoms with E-state index < -0.39 is 47.8 Å². The first-order chi connectivity index (χ1) is 23.5. The smallest absolute Gasteiger partial charge is 0.245 e. The molecular formula is C38H63N5O7. The molecule has 1 aromatic rings. The molecule has 2 unspecified atom stereocenters. The molecule has 1 aromatic carbocycles. The van der Waals surface area contributed by atoms with Crippen molar-refractivity contribution in [3.05, 3.63) is 35.9 Å². The fraction of sp³-hybridized carbons (Fsp3) is 0.737. The van der Waals surface area contributed by atoms with Gasteiger partial charge < -0.3 is 40.7 Å². The van der Waals surface area contributed by atoms with Crippen LogP contribution in [0.4, 0.5) is 0 Å². The molecule has 12 heteroatoms. The van der Waals surface area contributed by atoms with E-state index in [0.29, 0.717) is 18.5 Å². The number of carbonyl (C=O) groups is 4. The summed E-state index contributed by atoms with van der Waals surface area (Å²) in [5.41, 5.74) is 5.60. The van der Waals surface area contributed by atoms with Gasteiger partial charge in [0, 0.05) is 27.8 Å². The minimum absolute atomic E-state index is 0.0532. The Bertz CT molecular complexity index is 1270. The molecule has 0 spiro atoms. The van der Waals surface area contributed by atoms with Crippen molar-refractivity contribution in [1.29, 1.82) is 0 Å². The standard InChI is InChI=1S/C38H63N5O7/c1-23(2)31(41-37(48)38(5,6)39)36(47)42(7)32(26-16-13-14-17-26)29(49-8)22-30(44)43-21-15-20-28(43)34(50-9)24(3)35(46)40-25(4)33(45)27-18-11-10-12-19-27/h10-12,18-19,23-26,28-29,31-34,45H,13-17,20-22,39H2,1-9H3,(H,40,46)(H,41,48)/t24-,25-,28?,29-,31?,32+,33-,34-/m1/s1. The molecular weight excluding hydrogens is 638 g/mol. The first-order valence-electron chi connectivity index (χ1n) is 18.3. The third-order valence-corrected chi connectivity index (χ3v) is 10.7. The highest BCUT2D eigenvalue weighted by Crippen LogP contribution is 2.35. The van der Waals surface area contributed by atoms with Crippen molar-refractivity contribution in [3.63, 3.8) is 0 Å². The van der Waals surface area contributed by atoms with E-state index >= 15 is 0 Å². The molecule has 2 aliphatic rings. The zero-order valence-corrected chi connectivity index (χ0v) is 31.7. The Hall–Kier alpha value is -3.06. The number of amides is 4. The van der Waals surface area contributed by atoms with Gasteiger partial charge in [0.05, 0.1) is 54.3 Å². The number of likely N-dealkylation sites (tertiary alicyclic amines) is 1. The number of aliphatic hydroxyl groups is 1. The number of rotatable bonds is 17. The summed E-state index contributed by atoms with van der Waals surface area (Å²) in [7, 11) is 4.88. The van der Waals surface area contributed by atoms with Crippen LogP contribution in [0.3, 0.4) is 0 Å².